The predicted octanol–water partition coefficient (Wildman–Crippen LogP) is 4.67. The van der Waals surface area contributed by atoms with Gasteiger partial charge in [0.1, 0.15) is 0 Å². The molecule has 0 amide bonds. The number of benzene rings is 1. The maximum atomic E-state index is 4.10. The van der Waals surface area contributed by atoms with Gasteiger partial charge in [-0.15, -0.1) is 0 Å². The highest BCUT2D eigenvalue weighted by molar-refractivity contribution is 9.47. The van der Waals surface area contributed by atoms with E-state index < -0.39 is 0 Å². The fraction of sp³-hybridized carbons (Fsp3) is 0.417. The Morgan fingerprint density at radius 3 is 1.87 bits per heavy atom. The van der Waals surface area contributed by atoms with Crippen molar-refractivity contribution < 1.29 is 0 Å². The number of rotatable bonds is 2. The highest BCUT2D eigenvalue weighted by Crippen LogP contribution is 2.21. The van der Waals surface area contributed by atoms with Crippen LogP contribution < -0.4 is 0 Å². The molecule has 3 heteroatoms. The van der Waals surface area contributed by atoms with E-state index in [1.165, 1.54) is 11.1 Å². The van der Waals surface area contributed by atoms with E-state index in [4.69, 9.17) is 0 Å². The van der Waals surface area contributed by atoms with E-state index in [9.17, 15) is 0 Å². The third-order valence-corrected chi connectivity index (χ3v) is 2.14. The van der Waals surface area contributed by atoms with Gasteiger partial charge in [0.2, 0.25) is 0 Å². The van der Waals surface area contributed by atoms with Crippen molar-refractivity contribution in [3.05, 3.63) is 42.3 Å². The second-order valence-electron chi connectivity index (χ2n) is 4.04. The normalized spacial score (nSPS) is 10.0. The maximum Gasteiger partial charge on any atom is 0.560 e. The van der Waals surface area contributed by atoms with E-state index >= 15 is 0 Å². The van der Waals surface area contributed by atoms with Gasteiger partial charge in [-0.2, -0.15) is 0 Å². The van der Waals surface area contributed by atoms with Crippen molar-refractivity contribution in [2.45, 2.75) is 32.6 Å². The average Bonchev–Trinajstić information content (AvgIpc) is 2.18. The Kier molecular flexibility index (Phi) is 8.61. The Balaban J connectivity index is 0.000000583. The van der Waals surface area contributed by atoms with Gasteiger partial charge in [0.25, 0.3) is 0 Å². The standard InChI is InChI=1S/C12H17.2BrH.Mg/c1-5-10-6-8-11(9-7-10)12(2,3)4;;;/h6-9H,2,5H2,1,3-4H3;2*1H;/q;;;+2/p-2. The van der Waals surface area contributed by atoms with Crippen molar-refractivity contribution in [3.8, 4) is 0 Å². The van der Waals surface area contributed by atoms with Gasteiger partial charge in [-0.1, -0.05) is 45.0 Å². The van der Waals surface area contributed by atoms with Crippen molar-refractivity contribution in [1.29, 1.82) is 0 Å². The molecule has 0 aliphatic rings. The zero-order valence-electron chi connectivity index (χ0n) is 9.69. The maximum absolute atomic E-state index is 4.10. The predicted molar refractivity (Wildman–Crippen MR) is 77.8 cm³/mol. The monoisotopic (exact) mass is 343 g/mol. The Hall–Kier alpha value is 0.946. The summed E-state index contributed by atoms with van der Waals surface area (Å²) in [6.07, 6.45) is 1.11. The lowest BCUT2D eigenvalue weighted by molar-refractivity contribution is 0.664. The SMILES string of the molecule is [Br][Mg][Br].[CH2]C(C)(C)c1ccc(CC)cc1. The fourth-order valence-corrected chi connectivity index (χ4v) is 1.19. The van der Waals surface area contributed by atoms with Gasteiger partial charge in [-0.3, -0.25) is 25.8 Å². The topological polar surface area (TPSA) is 0 Å². The lowest BCUT2D eigenvalue weighted by Gasteiger charge is -2.18. The minimum absolute atomic E-state index is 0.0340. The smallest absolute Gasteiger partial charge is 0.280 e. The van der Waals surface area contributed by atoms with Crippen LogP contribution in [-0.2, 0) is 11.8 Å². The molecule has 0 spiro atoms. The van der Waals surface area contributed by atoms with E-state index in [1.54, 1.807) is 0 Å². The van der Waals surface area contributed by atoms with Crippen LogP contribution in [0.1, 0.15) is 31.9 Å². The zero-order chi connectivity index (χ0) is 11.9. The molecule has 0 aromatic heterocycles. The molecular weight excluding hydrogens is 328 g/mol. The largest absolute Gasteiger partial charge is 0.560 e. The van der Waals surface area contributed by atoms with E-state index in [-0.39, 0.29) is 21.4 Å². The molecule has 0 nitrogen and oxygen atoms in total. The van der Waals surface area contributed by atoms with Crippen molar-refractivity contribution in [1.82, 2.24) is 0 Å². The molecule has 0 saturated heterocycles. The van der Waals surface area contributed by atoms with Gasteiger partial charge < -0.3 is 0 Å². The molecule has 1 rings (SSSR count). The van der Waals surface area contributed by atoms with Crippen molar-refractivity contribution >= 4 is 41.8 Å². The lowest BCUT2D eigenvalue weighted by atomic mass is 9.86. The van der Waals surface area contributed by atoms with E-state index in [0.29, 0.717) is 0 Å². The van der Waals surface area contributed by atoms with Gasteiger partial charge in [0.15, 0.2) is 0 Å². The quantitative estimate of drug-likeness (QED) is 0.683. The second kappa shape index (κ2) is 8.10. The molecule has 0 aliphatic heterocycles. The third-order valence-electron chi connectivity index (χ3n) is 2.14. The lowest BCUT2D eigenvalue weighted by Crippen LogP contribution is -2.11. The first-order valence-electron chi connectivity index (χ1n) is 5.02. The summed E-state index contributed by atoms with van der Waals surface area (Å²) in [5.41, 5.74) is 2.73. The number of hydrogen-bond acceptors (Lipinski definition) is 0. The van der Waals surface area contributed by atoms with E-state index in [2.05, 4.69) is 77.7 Å². The molecule has 0 N–H and O–H groups in total. The Labute approximate surface area is 116 Å². The number of hydrogen-bond donors (Lipinski definition) is 0. The minimum atomic E-state index is 0.0340. The minimum Gasteiger partial charge on any atom is -0.280 e. The summed E-state index contributed by atoms with van der Waals surface area (Å²) in [4.78, 5) is 0. The van der Waals surface area contributed by atoms with Crippen LogP contribution in [0, 0.1) is 6.92 Å². The van der Waals surface area contributed by atoms with Crippen LogP contribution in [0.3, 0.4) is 0 Å². The highest BCUT2D eigenvalue weighted by Gasteiger charge is 2.12. The molecule has 1 aromatic rings. The van der Waals surface area contributed by atoms with Gasteiger partial charge in [0.05, 0.1) is 0 Å². The van der Waals surface area contributed by atoms with Gasteiger partial charge in [-0.05, 0) is 29.9 Å². The molecule has 0 bridgehead atoms. The van der Waals surface area contributed by atoms with Crippen LogP contribution in [-0.4, -0.2) is 16.0 Å². The zero-order valence-corrected chi connectivity index (χ0v) is 14.3. The van der Waals surface area contributed by atoms with Gasteiger partial charge >= 0.3 is 16.0 Å². The Morgan fingerprint density at radius 2 is 1.60 bits per heavy atom. The van der Waals surface area contributed by atoms with Crippen LogP contribution in [0.4, 0.5) is 0 Å². The average molecular weight is 345 g/mol. The van der Waals surface area contributed by atoms with Crippen LogP contribution in [0.5, 0.6) is 0 Å². The summed E-state index contributed by atoms with van der Waals surface area (Å²) in [5.74, 6) is 0. The molecular formula is C12H17Br2Mg. The molecule has 0 saturated carbocycles. The first-order chi connectivity index (χ1) is 6.95. The molecule has 0 fully saturated rings. The van der Waals surface area contributed by atoms with Crippen LogP contribution in [0.2, 0.25) is 0 Å². The van der Waals surface area contributed by atoms with E-state index in [1.807, 2.05) is 0 Å². The molecule has 1 aromatic carbocycles. The number of halogens is 2. The molecule has 0 aliphatic carbocycles. The summed E-state index contributed by atoms with van der Waals surface area (Å²) in [6.45, 7) is 10.5. The first-order valence-corrected chi connectivity index (χ1v) is 12.8. The molecule has 0 heterocycles. The molecule has 0 atom stereocenters. The fourth-order valence-electron chi connectivity index (χ4n) is 1.19. The summed E-state index contributed by atoms with van der Waals surface area (Å²) in [6, 6.07) is 8.71. The van der Waals surface area contributed by atoms with Gasteiger partial charge in [0, 0.05) is 0 Å². The van der Waals surface area contributed by atoms with Crippen LogP contribution in [0.25, 0.3) is 0 Å². The highest BCUT2D eigenvalue weighted by atomic mass is 79.9. The summed E-state index contributed by atoms with van der Waals surface area (Å²) >= 11 is 6.44. The summed E-state index contributed by atoms with van der Waals surface area (Å²) in [5, 5.41) is 0. The summed E-state index contributed by atoms with van der Waals surface area (Å²) < 4.78 is 0. The van der Waals surface area contributed by atoms with Crippen LogP contribution >= 0.6 is 25.8 Å². The Morgan fingerprint density at radius 1 is 1.20 bits per heavy atom. The Bertz CT molecular complexity index is 262. The number of aryl methyl sites for hydroxylation is 1. The van der Waals surface area contributed by atoms with Crippen molar-refractivity contribution in [2.75, 3.05) is 0 Å². The van der Waals surface area contributed by atoms with Crippen molar-refractivity contribution in [2.24, 2.45) is 0 Å². The van der Waals surface area contributed by atoms with Gasteiger partial charge in [-0.25, -0.2) is 0 Å². The molecule has 0 unspecified atom stereocenters. The molecule has 15 heavy (non-hydrogen) atoms. The molecule has 1 radical (unpaired) electrons. The van der Waals surface area contributed by atoms with Crippen molar-refractivity contribution in [3.63, 3.8) is 0 Å². The van der Waals surface area contributed by atoms with Crippen LogP contribution in [0.15, 0.2) is 24.3 Å². The molecule has 81 valence electrons. The first kappa shape index (κ1) is 15.9. The second-order valence-corrected chi connectivity index (χ2v) is 12.1. The van der Waals surface area contributed by atoms with E-state index in [0.717, 1.165) is 6.42 Å². The third kappa shape index (κ3) is 6.98. The summed E-state index contributed by atoms with van der Waals surface area (Å²) in [7, 11) is 0.